The van der Waals surface area contributed by atoms with Crippen LogP contribution in [0.15, 0.2) is 47.0 Å². The van der Waals surface area contributed by atoms with Crippen molar-refractivity contribution >= 4 is 22.1 Å². The van der Waals surface area contributed by atoms with Crippen LogP contribution in [-0.2, 0) is 7.05 Å². The Hall–Kier alpha value is -2.75. The topological polar surface area (TPSA) is 29.9 Å². The van der Waals surface area contributed by atoms with E-state index in [0.717, 1.165) is 33.2 Å². The Bertz CT molecular complexity index is 1110. The Labute approximate surface area is 145 Å². The van der Waals surface area contributed by atoms with Gasteiger partial charge in [0.15, 0.2) is 11.8 Å². The number of benzene rings is 1. The van der Waals surface area contributed by atoms with Gasteiger partial charge in [-0.05, 0) is 36.1 Å². The number of halogens is 1. The molecule has 4 heteroatoms. The number of aryl methyl sites for hydroxylation is 2. The molecule has 1 aromatic carbocycles. The summed E-state index contributed by atoms with van der Waals surface area (Å²) >= 11 is 0. The third-order valence-corrected chi connectivity index (χ3v) is 4.78. The average Bonchev–Trinajstić information content (AvgIpc) is 2.92. The first-order valence-electron chi connectivity index (χ1n) is 8.44. The van der Waals surface area contributed by atoms with E-state index in [9.17, 15) is 4.39 Å². The summed E-state index contributed by atoms with van der Waals surface area (Å²) in [5.41, 5.74) is 5.58. The van der Waals surface area contributed by atoms with Crippen molar-refractivity contribution in [2.75, 3.05) is 0 Å². The van der Waals surface area contributed by atoms with Gasteiger partial charge in [-0.15, -0.1) is 0 Å². The molecule has 25 heavy (non-hydrogen) atoms. The van der Waals surface area contributed by atoms with E-state index in [-0.39, 0.29) is 0 Å². The highest BCUT2D eigenvalue weighted by Gasteiger charge is 2.22. The molecule has 3 aromatic heterocycles. The Morgan fingerprint density at radius 3 is 2.60 bits per heavy atom. The summed E-state index contributed by atoms with van der Waals surface area (Å²) in [5, 5.41) is 1.79. The molecule has 0 unspecified atom stereocenters. The number of furan rings is 1. The highest BCUT2D eigenvalue weighted by molar-refractivity contribution is 6.08. The second kappa shape index (κ2) is 5.66. The van der Waals surface area contributed by atoms with Gasteiger partial charge in [-0.2, -0.15) is 9.37 Å². The predicted octanol–water partition coefficient (Wildman–Crippen LogP) is 5.04. The number of pyridine rings is 2. The molecule has 0 aliphatic heterocycles. The standard InChI is InChI=1S/C21H20FN2O/c1-12(2)14-9-10-24(4)17(11-14)19-13(3)5-6-15-16-7-8-18(22)23-21(16)25-20(15)19/h5-12H,1-4H3/q+1. The molecule has 0 atom stereocenters. The molecule has 0 radical (unpaired) electrons. The Morgan fingerprint density at radius 2 is 1.84 bits per heavy atom. The molecule has 0 spiro atoms. The van der Waals surface area contributed by atoms with Crippen LogP contribution in [0.25, 0.3) is 33.3 Å². The van der Waals surface area contributed by atoms with Crippen LogP contribution in [0.3, 0.4) is 0 Å². The van der Waals surface area contributed by atoms with E-state index in [0.29, 0.717) is 11.6 Å². The van der Waals surface area contributed by atoms with Crippen molar-refractivity contribution in [3.8, 4) is 11.3 Å². The fourth-order valence-corrected chi connectivity index (χ4v) is 3.31. The third-order valence-electron chi connectivity index (χ3n) is 4.78. The molecule has 0 aliphatic carbocycles. The number of nitrogens with zero attached hydrogens (tertiary/aromatic N) is 2. The lowest BCUT2D eigenvalue weighted by molar-refractivity contribution is -0.660. The van der Waals surface area contributed by atoms with E-state index in [4.69, 9.17) is 4.42 Å². The first-order valence-corrected chi connectivity index (χ1v) is 8.44. The average molecular weight is 335 g/mol. The van der Waals surface area contributed by atoms with Crippen LogP contribution < -0.4 is 4.57 Å². The van der Waals surface area contributed by atoms with Crippen LogP contribution in [0, 0.1) is 12.9 Å². The van der Waals surface area contributed by atoms with E-state index >= 15 is 0 Å². The van der Waals surface area contributed by atoms with E-state index in [1.807, 2.05) is 13.1 Å². The minimum Gasteiger partial charge on any atom is -0.437 e. The van der Waals surface area contributed by atoms with E-state index in [1.165, 1.54) is 11.6 Å². The van der Waals surface area contributed by atoms with Gasteiger partial charge < -0.3 is 4.42 Å². The van der Waals surface area contributed by atoms with Crippen LogP contribution in [0.5, 0.6) is 0 Å². The molecule has 126 valence electrons. The molecule has 0 aliphatic rings. The van der Waals surface area contributed by atoms with E-state index in [1.54, 1.807) is 6.07 Å². The van der Waals surface area contributed by atoms with Gasteiger partial charge in [-0.1, -0.05) is 26.0 Å². The van der Waals surface area contributed by atoms with Crippen molar-refractivity contribution in [1.29, 1.82) is 0 Å². The monoisotopic (exact) mass is 335 g/mol. The van der Waals surface area contributed by atoms with Gasteiger partial charge >= 0.3 is 0 Å². The smallest absolute Gasteiger partial charge is 0.229 e. The second-order valence-electron chi connectivity index (χ2n) is 6.83. The zero-order valence-electron chi connectivity index (χ0n) is 14.8. The van der Waals surface area contributed by atoms with Crippen molar-refractivity contribution in [1.82, 2.24) is 4.98 Å². The summed E-state index contributed by atoms with van der Waals surface area (Å²) in [6, 6.07) is 11.5. The molecule has 0 saturated carbocycles. The maximum absolute atomic E-state index is 13.5. The van der Waals surface area contributed by atoms with Crippen molar-refractivity contribution in [2.45, 2.75) is 26.7 Å². The maximum atomic E-state index is 13.5. The number of rotatable bonds is 2. The van der Waals surface area contributed by atoms with Crippen molar-refractivity contribution in [3.05, 3.63) is 59.7 Å². The van der Waals surface area contributed by atoms with Crippen molar-refractivity contribution < 1.29 is 13.4 Å². The number of hydrogen-bond acceptors (Lipinski definition) is 2. The molecule has 3 nitrogen and oxygen atoms in total. The van der Waals surface area contributed by atoms with Crippen LogP contribution in [-0.4, -0.2) is 4.98 Å². The summed E-state index contributed by atoms with van der Waals surface area (Å²) in [7, 11) is 2.03. The summed E-state index contributed by atoms with van der Waals surface area (Å²) in [6.07, 6.45) is 2.07. The van der Waals surface area contributed by atoms with Crippen LogP contribution in [0.1, 0.15) is 30.9 Å². The predicted molar refractivity (Wildman–Crippen MR) is 96.9 cm³/mol. The van der Waals surface area contributed by atoms with Crippen LogP contribution in [0.2, 0.25) is 0 Å². The highest BCUT2D eigenvalue weighted by atomic mass is 19.1. The second-order valence-corrected chi connectivity index (χ2v) is 6.83. The minimum atomic E-state index is -0.530. The lowest BCUT2D eigenvalue weighted by Crippen LogP contribution is -2.31. The summed E-state index contributed by atoms with van der Waals surface area (Å²) in [5.74, 6) is -0.0944. The summed E-state index contributed by atoms with van der Waals surface area (Å²) in [4.78, 5) is 3.91. The lowest BCUT2D eigenvalue weighted by atomic mass is 9.97. The van der Waals surface area contributed by atoms with E-state index < -0.39 is 5.95 Å². The molecule has 4 rings (SSSR count). The quantitative estimate of drug-likeness (QED) is 0.379. The molecule has 0 saturated heterocycles. The normalized spacial score (nSPS) is 11.8. The van der Waals surface area contributed by atoms with Gasteiger partial charge in [0, 0.05) is 22.9 Å². The molecular formula is C21H20FN2O+. The molecule has 4 aromatic rings. The highest BCUT2D eigenvalue weighted by Crippen LogP contribution is 2.36. The zero-order chi connectivity index (χ0) is 17.7. The Balaban J connectivity index is 2.09. The van der Waals surface area contributed by atoms with Crippen LogP contribution >= 0.6 is 0 Å². The third kappa shape index (κ3) is 2.49. The van der Waals surface area contributed by atoms with E-state index in [2.05, 4.69) is 54.7 Å². The largest absolute Gasteiger partial charge is 0.437 e. The number of hydrogen-bond donors (Lipinski definition) is 0. The van der Waals surface area contributed by atoms with Gasteiger partial charge in [0.05, 0.1) is 5.56 Å². The maximum Gasteiger partial charge on any atom is 0.229 e. The van der Waals surface area contributed by atoms with Gasteiger partial charge in [0.25, 0.3) is 0 Å². The lowest BCUT2D eigenvalue weighted by Gasteiger charge is -2.09. The first kappa shape index (κ1) is 15.8. The zero-order valence-corrected chi connectivity index (χ0v) is 14.8. The molecule has 3 heterocycles. The van der Waals surface area contributed by atoms with Crippen LogP contribution in [0.4, 0.5) is 4.39 Å². The molecule has 0 amide bonds. The van der Waals surface area contributed by atoms with Gasteiger partial charge in [0.1, 0.15) is 7.05 Å². The molecule has 0 N–H and O–H groups in total. The number of fused-ring (bicyclic) bond motifs is 3. The summed E-state index contributed by atoms with van der Waals surface area (Å²) < 4.78 is 21.6. The Morgan fingerprint density at radius 1 is 1.08 bits per heavy atom. The number of aromatic nitrogens is 2. The molecule has 0 fully saturated rings. The molecular weight excluding hydrogens is 315 g/mol. The first-order chi connectivity index (χ1) is 12.0. The van der Waals surface area contributed by atoms with Crippen molar-refractivity contribution in [3.63, 3.8) is 0 Å². The van der Waals surface area contributed by atoms with Gasteiger partial charge in [0.2, 0.25) is 17.4 Å². The fraction of sp³-hybridized carbons (Fsp3) is 0.238. The summed E-state index contributed by atoms with van der Waals surface area (Å²) in [6.45, 7) is 6.43. The molecule has 0 bridgehead atoms. The van der Waals surface area contributed by atoms with Gasteiger partial charge in [-0.3, -0.25) is 0 Å². The van der Waals surface area contributed by atoms with Gasteiger partial charge in [-0.25, -0.2) is 4.57 Å². The van der Waals surface area contributed by atoms with Crippen molar-refractivity contribution in [2.24, 2.45) is 7.05 Å². The minimum absolute atomic E-state index is 0.338. The SMILES string of the molecule is Cc1ccc2c(oc3nc(F)ccc32)c1-c1cc(C(C)C)cc[n+]1C. The Kier molecular flexibility index (Phi) is 3.57. The fourth-order valence-electron chi connectivity index (χ4n) is 3.31.